The molecule has 1 fully saturated rings. The van der Waals surface area contributed by atoms with Crippen molar-refractivity contribution in [3.63, 3.8) is 0 Å². The van der Waals surface area contributed by atoms with Crippen LogP contribution in [0.4, 0.5) is 32.0 Å². The van der Waals surface area contributed by atoms with Crippen LogP contribution in [0.25, 0.3) is 0 Å². The molecule has 6 nitrogen and oxygen atoms in total. The Morgan fingerprint density at radius 2 is 1.59 bits per heavy atom. The first-order valence-electron chi connectivity index (χ1n) is 12.4. The summed E-state index contributed by atoms with van der Waals surface area (Å²) in [5, 5.41) is 9.75. The van der Waals surface area contributed by atoms with Gasteiger partial charge in [-0.05, 0) is 42.3 Å². The molecule has 0 amide bonds. The van der Waals surface area contributed by atoms with Crippen LogP contribution in [0.15, 0.2) is 71.7 Å². The van der Waals surface area contributed by atoms with E-state index >= 15 is 0 Å². The predicted molar refractivity (Wildman–Crippen MR) is 145 cm³/mol. The molecule has 2 aromatic rings. The highest BCUT2D eigenvalue weighted by Crippen LogP contribution is 2.50. The number of nitrogens with zero attached hydrogens (tertiary/aromatic N) is 2. The predicted octanol–water partition coefficient (Wildman–Crippen LogP) is 5.28. The van der Waals surface area contributed by atoms with Crippen molar-refractivity contribution in [2.24, 2.45) is 0 Å². The van der Waals surface area contributed by atoms with E-state index in [-0.39, 0.29) is 35.1 Å². The smallest absolute Gasteiger partial charge is 0.430 e. The summed E-state index contributed by atoms with van der Waals surface area (Å²) in [6.07, 6.45) is -6.61. The lowest BCUT2D eigenvalue weighted by Crippen LogP contribution is -2.56. The van der Waals surface area contributed by atoms with Gasteiger partial charge in [0, 0.05) is 48.2 Å². The van der Waals surface area contributed by atoms with Gasteiger partial charge in [0.05, 0.1) is 12.0 Å². The number of methoxy groups -OCH3 is 1. The van der Waals surface area contributed by atoms with Crippen LogP contribution in [-0.4, -0.2) is 67.8 Å². The lowest BCUT2D eigenvalue weighted by atomic mass is 9.92. The largest absolute Gasteiger partial charge is 0.497 e. The van der Waals surface area contributed by atoms with Gasteiger partial charge in [0.15, 0.2) is 0 Å². The second-order valence-corrected chi connectivity index (χ2v) is 12.0. The van der Waals surface area contributed by atoms with Gasteiger partial charge in [-0.15, -0.1) is 0 Å². The molecule has 4 rings (SSSR count). The lowest BCUT2D eigenvalue weighted by Gasteiger charge is -2.43. The van der Waals surface area contributed by atoms with Crippen LogP contribution in [-0.2, 0) is 22.0 Å². The number of aliphatic hydroxyl groups is 1. The highest BCUT2D eigenvalue weighted by Gasteiger charge is 2.71. The molecule has 1 aliphatic carbocycles. The number of anilines is 1. The molecule has 0 aromatic heterocycles. The van der Waals surface area contributed by atoms with Crippen molar-refractivity contribution >= 4 is 32.8 Å². The minimum Gasteiger partial charge on any atom is -0.497 e. The van der Waals surface area contributed by atoms with E-state index in [1.54, 1.807) is 41.3 Å². The van der Waals surface area contributed by atoms with E-state index in [1.807, 2.05) is 0 Å². The van der Waals surface area contributed by atoms with Gasteiger partial charge >= 0.3 is 12.4 Å². The number of allylic oxidation sites excluding steroid dienone is 4. The summed E-state index contributed by atoms with van der Waals surface area (Å²) >= 11 is 5.27. The van der Waals surface area contributed by atoms with E-state index in [1.165, 1.54) is 17.5 Å². The van der Waals surface area contributed by atoms with Crippen molar-refractivity contribution in [2.75, 3.05) is 31.6 Å². The van der Waals surface area contributed by atoms with Gasteiger partial charge in [0.25, 0.3) is 5.60 Å². The Morgan fingerprint density at radius 1 is 0.976 bits per heavy atom. The number of alkyl halides is 6. The molecule has 1 atom stereocenters. The molecule has 14 heteroatoms. The van der Waals surface area contributed by atoms with Crippen LogP contribution >= 0.6 is 12.2 Å². The maximum atomic E-state index is 13.5. The average Bonchev–Trinajstić information content (AvgIpc) is 2.92. The van der Waals surface area contributed by atoms with Crippen molar-refractivity contribution < 1.29 is 44.6 Å². The molecule has 0 bridgehead atoms. The number of sulfonamides is 1. The Morgan fingerprint density at radius 3 is 2.12 bits per heavy atom. The Balaban J connectivity index is 1.67. The number of rotatable bonds is 7. The standard InChI is InChI=1S/C27H26F6N2O4S2/c1-39-22-12-6-18(7-13-22)16-21-17-34(41(37,38)24-5-3-2-4-23(24)40)14-15-35(21)20-10-8-19(9-11-20)25(36,26(28,29)30)27(31,32)33/h2-3,5-13,21,36H,4,14-17H2,1H3/t21-/m0/s1. The highest BCUT2D eigenvalue weighted by molar-refractivity contribution is 7.96. The summed E-state index contributed by atoms with van der Waals surface area (Å²) in [4.78, 5) is 2.03. The molecular formula is C27H26F6N2O4S2. The molecule has 1 aliphatic heterocycles. The molecule has 2 aliphatic rings. The van der Waals surface area contributed by atoms with Crippen LogP contribution in [0.3, 0.4) is 0 Å². The van der Waals surface area contributed by atoms with Crippen molar-refractivity contribution in [1.82, 2.24) is 4.31 Å². The normalized spacial score (nSPS) is 19.3. The monoisotopic (exact) mass is 620 g/mol. The van der Waals surface area contributed by atoms with Crippen LogP contribution in [0.5, 0.6) is 5.75 Å². The number of hydrogen-bond donors (Lipinski definition) is 1. The maximum Gasteiger partial charge on any atom is 0.430 e. The van der Waals surface area contributed by atoms with Gasteiger partial charge in [-0.25, -0.2) is 8.42 Å². The van der Waals surface area contributed by atoms with E-state index in [9.17, 15) is 39.9 Å². The zero-order valence-corrected chi connectivity index (χ0v) is 23.2. The van der Waals surface area contributed by atoms with Gasteiger partial charge in [0.2, 0.25) is 10.0 Å². The summed E-state index contributed by atoms with van der Waals surface area (Å²) < 4.78 is 114. The number of thiocarbonyl (C=S) groups is 1. The Kier molecular flexibility index (Phi) is 8.61. The summed E-state index contributed by atoms with van der Waals surface area (Å²) in [5.41, 5.74) is -5.35. The van der Waals surface area contributed by atoms with E-state index < -0.39 is 39.6 Å². The topological polar surface area (TPSA) is 70.1 Å². The van der Waals surface area contributed by atoms with E-state index in [2.05, 4.69) is 0 Å². The third-order valence-electron chi connectivity index (χ3n) is 7.09. The molecular weight excluding hydrogens is 594 g/mol. The Hall–Kier alpha value is -2.94. The van der Waals surface area contributed by atoms with Crippen LogP contribution < -0.4 is 9.64 Å². The number of benzene rings is 2. The van der Waals surface area contributed by atoms with Gasteiger partial charge < -0.3 is 14.7 Å². The fourth-order valence-electron chi connectivity index (χ4n) is 4.87. The number of halogens is 6. The summed E-state index contributed by atoms with van der Waals surface area (Å²) in [7, 11) is -2.46. The minimum atomic E-state index is -6.01. The third kappa shape index (κ3) is 6.01. The van der Waals surface area contributed by atoms with Crippen molar-refractivity contribution in [1.29, 1.82) is 0 Å². The summed E-state index contributed by atoms with van der Waals surface area (Å²) in [6, 6.07) is 9.75. The maximum absolute atomic E-state index is 13.5. The molecule has 0 radical (unpaired) electrons. The molecule has 0 spiro atoms. The number of ether oxygens (including phenoxy) is 1. The minimum absolute atomic E-state index is 0.00189. The average molecular weight is 621 g/mol. The molecule has 1 N–H and O–H groups in total. The molecule has 41 heavy (non-hydrogen) atoms. The Labute approximate surface area is 238 Å². The van der Waals surface area contributed by atoms with Crippen molar-refractivity contribution in [3.8, 4) is 5.75 Å². The van der Waals surface area contributed by atoms with Gasteiger partial charge in [-0.3, -0.25) is 0 Å². The highest BCUT2D eigenvalue weighted by atomic mass is 32.2. The van der Waals surface area contributed by atoms with Gasteiger partial charge in [0.1, 0.15) is 5.75 Å². The van der Waals surface area contributed by atoms with E-state index in [0.717, 1.165) is 17.7 Å². The first-order valence-corrected chi connectivity index (χ1v) is 14.2. The zero-order chi connectivity index (χ0) is 30.2. The first kappa shape index (κ1) is 31.0. The number of hydrogen-bond acceptors (Lipinski definition) is 6. The van der Waals surface area contributed by atoms with Crippen molar-refractivity contribution in [2.45, 2.75) is 36.8 Å². The molecule has 2 aromatic carbocycles. The Bertz CT molecular complexity index is 1420. The van der Waals surface area contributed by atoms with Gasteiger partial charge in [-0.2, -0.15) is 30.6 Å². The fourth-order valence-corrected chi connectivity index (χ4v) is 6.94. The van der Waals surface area contributed by atoms with Crippen LogP contribution in [0, 0.1) is 0 Å². The van der Waals surface area contributed by atoms with Gasteiger partial charge in [-0.1, -0.05) is 48.6 Å². The fraction of sp³-hybridized carbons (Fsp3) is 0.370. The third-order valence-corrected chi connectivity index (χ3v) is 9.56. The number of piperazine rings is 1. The molecule has 0 unspecified atom stereocenters. The molecule has 0 saturated carbocycles. The lowest BCUT2D eigenvalue weighted by molar-refractivity contribution is -0.376. The molecule has 1 saturated heterocycles. The van der Waals surface area contributed by atoms with Crippen LogP contribution in [0.2, 0.25) is 0 Å². The summed E-state index contributed by atoms with van der Waals surface area (Å²) in [6.45, 7) is 0.0782. The zero-order valence-electron chi connectivity index (χ0n) is 21.6. The molecule has 1 heterocycles. The second kappa shape index (κ2) is 11.4. The van der Waals surface area contributed by atoms with Crippen molar-refractivity contribution in [3.05, 3.63) is 82.8 Å². The van der Waals surface area contributed by atoms with E-state index in [4.69, 9.17) is 17.0 Å². The SMILES string of the molecule is COc1ccc(C[C@H]2CN(S(=O)(=O)C3=CC=CCC3=S)CCN2c2ccc(C(O)(C(F)(F)F)C(F)(F)F)cc2)cc1. The quantitative estimate of drug-likeness (QED) is 0.336. The first-order chi connectivity index (χ1) is 19.1. The van der Waals surface area contributed by atoms with Crippen LogP contribution in [0.1, 0.15) is 17.5 Å². The second-order valence-electron chi connectivity index (χ2n) is 9.60. The van der Waals surface area contributed by atoms with E-state index in [0.29, 0.717) is 30.7 Å². The summed E-state index contributed by atoms with van der Waals surface area (Å²) in [5.74, 6) is 0.599. The molecule has 222 valence electrons.